The fourth-order valence-electron chi connectivity index (χ4n) is 2.76. The van der Waals surface area contributed by atoms with Gasteiger partial charge in [0.15, 0.2) is 0 Å². The Morgan fingerprint density at radius 2 is 1.21 bits per heavy atom. The summed E-state index contributed by atoms with van der Waals surface area (Å²) < 4.78 is 5.28. The number of esters is 1. The van der Waals surface area contributed by atoms with Gasteiger partial charge in [0.05, 0.1) is 6.61 Å². The number of hydrogen-bond acceptors (Lipinski definition) is 2. The van der Waals surface area contributed by atoms with E-state index in [1.807, 2.05) is 0 Å². The lowest BCUT2D eigenvalue weighted by molar-refractivity contribution is -0.143. The Bertz CT molecular complexity index is 284. The molecule has 0 rings (SSSR count). The molecule has 0 atom stereocenters. The predicted molar refractivity (Wildman–Crippen MR) is 105 cm³/mol. The minimum absolute atomic E-state index is 0.00251. The van der Waals surface area contributed by atoms with E-state index in [0.29, 0.717) is 13.0 Å². The number of ether oxygens (including phenoxy) is 1. The lowest BCUT2D eigenvalue weighted by Crippen LogP contribution is -2.05. The van der Waals surface area contributed by atoms with Gasteiger partial charge in [0.1, 0.15) is 0 Å². The summed E-state index contributed by atoms with van der Waals surface area (Å²) in [5, 5.41) is 0. The number of carbonyl (C=O) groups excluding carboxylic acids is 1. The Kier molecular flexibility index (Phi) is 19.6. The van der Waals surface area contributed by atoms with E-state index in [-0.39, 0.29) is 5.97 Å². The highest BCUT2D eigenvalue weighted by Gasteiger charge is 2.02. The Morgan fingerprint density at radius 3 is 1.92 bits per heavy atom. The van der Waals surface area contributed by atoms with Gasteiger partial charge in [0, 0.05) is 6.42 Å². The molecular weight excluding hydrogens is 296 g/mol. The third kappa shape index (κ3) is 19.3. The fraction of sp³-hybridized carbons (Fsp3) is 0.864. The first kappa shape index (κ1) is 23.2. The topological polar surface area (TPSA) is 26.3 Å². The van der Waals surface area contributed by atoms with Gasteiger partial charge in [0.2, 0.25) is 0 Å². The first-order valence-electron chi connectivity index (χ1n) is 10.6. The zero-order valence-electron chi connectivity index (χ0n) is 16.5. The minimum Gasteiger partial charge on any atom is -0.466 e. The van der Waals surface area contributed by atoms with Gasteiger partial charge in [0.25, 0.3) is 0 Å². The molecule has 0 aliphatic rings. The second-order valence-electron chi connectivity index (χ2n) is 6.91. The molecule has 0 bridgehead atoms. The van der Waals surface area contributed by atoms with Gasteiger partial charge in [-0.05, 0) is 32.1 Å². The van der Waals surface area contributed by atoms with Crippen LogP contribution in [0.15, 0.2) is 12.2 Å². The van der Waals surface area contributed by atoms with E-state index in [9.17, 15) is 4.79 Å². The van der Waals surface area contributed by atoms with Gasteiger partial charge in [-0.25, -0.2) is 0 Å². The first-order chi connectivity index (χ1) is 11.8. The first-order valence-corrected chi connectivity index (χ1v) is 10.6. The van der Waals surface area contributed by atoms with Crippen molar-refractivity contribution in [1.29, 1.82) is 0 Å². The van der Waals surface area contributed by atoms with Crippen molar-refractivity contribution in [2.75, 3.05) is 6.61 Å². The summed E-state index contributed by atoms with van der Waals surface area (Å²) in [4.78, 5) is 11.6. The van der Waals surface area contributed by atoms with E-state index in [0.717, 1.165) is 19.3 Å². The highest BCUT2D eigenvalue weighted by Crippen LogP contribution is 2.10. The molecule has 0 amide bonds. The monoisotopic (exact) mass is 338 g/mol. The zero-order chi connectivity index (χ0) is 17.7. The van der Waals surface area contributed by atoms with Crippen LogP contribution in [0, 0.1) is 0 Å². The summed E-state index contributed by atoms with van der Waals surface area (Å²) in [6, 6.07) is 0. The number of allylic oxidation sites excluding steroid dienone is 2. The Morgan fingerprint density at radius 1 is 0.667 bits per heavy atom. The van der Waals surface area contributed by atoms with Crippen molar-refractivity contribution in [2.45, 2.75) is 117 Å². The smallest absolute Gasteiger partial charge is 0.305 e. The van der Waals surface area contributed by atoms with Gasteiger partial charge in [-0.3, -0.25) is 4.79 Å². The standard InChI is InChI=1S/C22H42O2/c1-3-5-7-9-10-11-12-13-14-15-16-18-20-22(23)24-21-19-17-8-6-4-2/h9-10H,3-8,11-21H2,1-2H3/b10-9-. The lowest BCUT2D eigenvalue weighted by atomic mass is 10.1. The van der Waals surface area contributed by atoms with Crippen LogP contribution < -0.4 is 0 Å². The van der Waals surface area contributed by atoms with Crippen molar-refractivity contribution in [3.63, 3.8) is 0 Å². The highest BCUT2D eigenvalue weighted by molar-refractivity contribution is 5.69. The highest BCUT2D eigenvalue weighted by atomic mass is 16.5. The lowest BCUT2D eigenvalue weighted by Gasteiger charge is -2.05. The molecule has 0 spiro atoms. The van der Waals surface area contributed by atoms with Gasteiger partial charge < -0.3 is 4.74 Å². The maximum Gasteiger partial charge on any atom is 0.305 e. The van der Waals surface area contributed by atoms with E-state index >= 15 is 0 Å². The van der Waals surface area contributed by atoms with Crippen molar-refractivity contribution < 1.29 is 9.53 Å². The number of rotatable bonds is 18. The van der Waals surface area contributed by atoms with Gasteiger partial charge >= 0.3 is 5.97 Å². The molecule has 0 N–H and O–H groups in total. The van der Waals surface area contributed by atoms with Crippen LogP contribution in [0.4, 0.5) is 0 Å². The molecule has 0 heterocycles. The van der Waals surface area contributed by atoms with E-state index < -0.39 is 0 Å². The summed E-state index contributed by atoms with van der Waals surface area (Å²) in [5.74, 6) is 0.00251. The van der Waals surface area contributed by atoms with Crippen molar-refractivity contribution in [2.24, 2.45) is 0 Å². The average molecular weight is 339 g/mol. The van der Waals surface area contributed by atoms with E-state index in [1.165, 1.54) is 77.0 Å². The SMILES string of the molecule is CCCC/C=C\CCCCCCCCC(=O)OCCCCCCC. The molecule has 0 aliphatic carbocycles. The maximum atomic E-state index is 11.6. The Balaban J connectivity index is 3.18. The number of carbonyl (C=O) groups is 1. The van der Waals surface area contributed by atoms with Crippen LogP contribution >= 0.6 is 0 Å². The van der Waals surface area contributed by atoms with Gasteiger partial charge in [-0.15, -0.1) is 0 Å². The molecule has 24 heavy (non-hydrogen) atoms. The van der Waals surface area contributed by atoms with Crippen LogP contribution in [0.5, 0.6) is 0 Å². The molecule has 2 heteroatoms. The molecule has 142 valence electrons. The Hall–Kier alpha value is -0.790. The third-order valence-electron chi connectivity index (χ3n) is 4.40. The summed E-state index contributed by atoms with van der Waals surface area (Å²) in [7, 11) is 0. The quantitative estimate of drug-likeness (QED) is 0.148. The predicted octanol–water partition coefficient (Wildman–Crippen LogP) is 7.37. The van der Waals surface area contributed by atoms with Gasteiger partial charge in [-0.2, -0.15) is 0 Å². The van der Waals surface area contributed by atoms with Crippen LogP contribution in [0.25, 0.3) is 0 Å². The summed E-state index contributed by atoms with van der Waals surface area (Å²) in [6.07, 6.45) is 23.7. The largest absolute Gasteiger partial charge is 0.466 e. The van der Waals surface area contributed by atoms with Crippen molar-refractivity contribution in [3.05, 3.63) is 12.2 Å². The molecular formula is C22H42O2. The molecule has 0 aliphatic heterocycles. The average Bonchev–Trinajstić information content (AvgIpc) is 2.59. The van der Waals surface area contributed by atoms with E-state index in [4.69, 9.17) is 4.74 Å². The van der Waals surface area contributed by atoms with Crippen molar-refractivity contribution in [3.8, 4) is 0 Å². The third-order valence-corrected chi connectivity index (χ3v) is 4.40. The molecule has 0 fully saturated rings. The van der Waals surface area contributed by atoms with Gasteiger partial charge in [-0.1, -0.05) is 90.2 Å². The van der Waals surface area contributed by atoms with Crippen LogP contribution in [0.2, 0.25) is 0 Å². The second-order valence-corrected chi connectivity index (χ2v) is 6.91. The second kappa shape index (κ2) is 20.3. The van der Waals surface area contributed by atoms with Crippen LogP contribution in [0.1, 0.15) is 117 Å². The molecule has 0 unspecified atom stereocenters. The van der Waals surface area contributed by atoms with Crippen LogP contribution in [0.3, 0.4) is 0 Å². The molecule has 0 radical (unpaired) electrons. The molecule has 2 nitrogen and oxygen atoms in total. The summed E-state index contributed by atoms with van der Waals surface area (Å²) in [6.45, 7) is 5.07. The van der Waals surface area contributed by atoms with Crippen LogP contribution in [-0.4, -0.2) is 12.6 Å². The van der Waals surface area contributed by atoms with E-state index in [1.54, 1.807) is 0 Å². The fourth-order valence-corrected chi connectivity index (χ4v) is 2.76. The maximum absolute atomic E-state index is 11.6. The summed E-state index contributed by atoms with van der Waals surface area (Å²) in [5.41, 5.74) is 0. The van der Waals surface area contributed by atoms with E-state index in [2.05, 4.69) is 26.0 Å². The molecule has 0 saturated heterocycles. The number of hydrogen-bond donors (Lipinski definition) is 0. The molecule has 0 aromatic carbocycles. The van der Waals surface area contributed by atoms with Crippen LogP contribution in [-0.2, 0) is 9.53 Å². The zero-order valence-corrected chi connectivity index (χ0v) is 16.5. The normalized spacial score (nSPS) is 11.2. The van der Waals surface area contributed by atoms with Crippen molar-refractivity contribution >= 4 is 5.97 Å². The number of unbranched alkanes of at least 4 members (excludes halogenated alkanes) is 12. The Labute approximate surface area is 151 Å². The summed E-state index contributed by atoms with van der Waals surface area (Å²) >= 11 is 0. The molecule has 0 aromatic heterocycles. The molecule has 0 aromatic rings. The minimum atomic E-state index is 0.00251. The molecule has 0 saturated carbocycles. The van der Waals surface area contributed by atoms with Crippen molar-refractivity contribution in [1.82, 2.24) is 0 Å².